The Bertz CT molecular complexity index is 1130. The molecule has 160 valence electrons. The summed E-state index contributed by atoms with van der Waals surface area (Å²) in [5.74, 6) is 0.0819. The zero-order chi connectivity index (χ0) is 22.0. The van der Waals surface area contributed by atoms with Gasteiger partial charge in [0.1, 0.15) is 18.3 Å². The monoisotopic (exact) mass is 428 g/mol. The first-order chi connectivity index (χ1) is 14.7. The van der Waals surface area contributed by atoms with E-state index in [4.69, 9.17) is 0 Å². The van der Waals surface area contributed by atoms with E-state index in [0.717, 1.165) is 55.5 Å². The van der Waals surface area contributed by atoms with Gasteiger partial charge in [0.25, 0.3) is 0 Å². The molecule has 2 atom stereocenters. The van der Waals surface area contributed by atoms with Crippen LogP contribution in [0, 0.1) is 18.3 Å². The second kappa shape index (κ2) is 6.50. The fraction of sp³-hybridized carbons (Fsp3) is 0.455. The van der Waals surface area contributed by atoms with Crippen molar-refractivity contribution in [2.24, 2.45) is 0 Å². The number of amides is 2. The number of nitrogens with zero attached hydrogens (tertiary/aromatic N) is 4. The number of nitrogens with one attached hydrogen (secondary N) is 1. The largest absolute Gasteiger partial charge is 0.422 e. The van der Waals surface area contributed by atoms with Crippen molar-refractivity contribution in [1.29, 1.82) is 5.26 Å². The lowest BCUT2D eigenvalue weighted by Crippen LogP contribution is -2.53. The van der Waals surface area contributed by atoms with E-state index in [9.17, 15) is 23.2 Å². The normalized spacial score (nSPS) is 25.5. The molecule has 31 heavy (non-hydrogen) atoms. The highest BCUT2D eigenvalue weighted by Gasteiger charge is 2.79. The highest BCUT2D eigenvalue weighted by atomic mass is 19.4. The number of carbonyl (C=O) groups excluding carboxylic acids is 1. The number of halogens is 3. The Morgan fingerprint density at radius 2 is 2.03 bits per heavy atom. The molecule has 0 radical (unpaired) electrons. The van der Waals surface area contributed by atoms with E-state index < -0.39 is 17.3 Å². The molecule has 1 saturated carbocycles. The highest BCUT2D eigenvalue weighted by molar-refractivity contribution is 5.87. The molecule has 3 aliphatic rings. The van der Waals surface area contributed by atoms with Gasteiger partial charge in [-0.15, -0.1) is 0 Å². The second-order valence-electron chi connectivity index (χ2n) is 8.73. The maximum absolute atomic E-state index is 13.7. The average Bonchev–Trinajstić information content (AvgIpc) is 3.47. The fourth-order valence-electron chi connectivity index (χ4n) is 5.62. The number of benzene rings is 1. The Balaban J connectivity index is 1.55. The third kappa shape index (κ3) is 2.71. The fourth-order valence-corrected chi connectivity index (χ4v) is 5.62. The van der Waals surface area contributed by atoms with E-state index in [-0.39, 0.29) is 28.1 Å². The number of aryl methyl sites for hydroxylation is 1. The van der Waals surface area contributed by atoms with Crippen LogP contribution >= 0.6 is 0 Å². The molecule has 3 heterocycles. The molecule has 1 spiro atoms. The number of alkyl halides is 3. The first kappa shape index (κ1) is 19.9. The van der Waals surface area contributed by atoms with Gasteiger partial charge >= 0.3 is 12.2 Å². The Morgan fingerprint density at radius 1 is 1.29 bits per heavy atom. The van der Waals surface area contributed by atoms with Gasteiger partial charge in [-0.25, -0.2) is 19.2 Å². The van der Waals surface area contributed by atoms with E-state index in [1.54, 1.807) is 13.1 Å². The number of rotatable bonds is 1. The molecule has 1 aromatic carbocycles. The van der Waals surface area contributed by atoms with Crippen LogP contribution in [-0.4, -0.2) is 27.0 Å². The maximum Gasteiger partial charge on any atom is 0.422 e. The minimum Gasteiger partial charge on any atom is -0.275 e. The molecule has 1 aliphatic carbocycles. The van der Waals surface area contributed by atoms with Crippen LogP contribution in [0.2, 0.25) is 0 Å². The van der Waals surface area contributed by atoms with Gasteiger partial charge in [0, 0.05) is 24.7 Å². The first-order valence-electron chi connectivity index (χ1n) is 10.4. The number of hydrogen-bond donors (Lipinski definition) is 1. The van der Waals surface area contributed by atoms with Crippen molar-refractivity contribution >= 4 is 11.7 Å². The zero-order valence-corrected chi connectivity index (χ0v) is 17.0. The van der Waals surface area contributed by atoms with E-state index in [1.807, 2.05) is 6.07 Å². The predicted molar refractivity (Wildman–Crippen MR) is 105 cm³/mol. The number of hydrogen-bond acceptors (Lipinski definition) is 4. The number of carbonyl (C=O) groups is 1. The quantitative estimate of drug-likeness (QED) is 0.515. The van der Waals surface area contributed by atoms with E-state index in [1.165, 1.54) is 6.07 Å². The molecule has 1 aromatic heterocycles. The molecule has 2 aromatic rings. The summed E-state index contributed by atoms with van der Waals surface area (Å²) in [5, 5.41) is 12.1. The van der Waals surface area contributed by atoms with Crippen LogP contribution in [0.25, 0.3) is 0 Å². The lowest BCUT2D eigenvalue weighted by Gasteiger charge is -2.39. The number of anilines is 1. The summed E-state index contributed by atoms with van der Waals surface area (Å²) >= 11 is 0. The second-order valence-corrected chi connectivity index (χ2v) is 8.73. The van der Waals surface area contributed by atoms with Gasteiger partial charge < -0.3 is 0 Å². The number of urea groups is 1. The molecular formula is C22H21F3N5O+. The lowest BCUT2D eigenvalue weighted by atomic mass is 9.77. The molecular weight excluding hydrogens is 407 g/mol. The van der Waals surface area contributed by atoms with E-state index in [2.05, 4.69) is 15.3 Å². The number of aromatic nitrogens is 2. The van der Waals surface area contributed by atoms with Gasteiger partial charge in [-0.2, -0.15) is 18.4 Å². The molecule has 5 rings (SSSR count). The summed E-state index contributed by atoms with van der Waals surface area (Å²) < 4.78 is 39.7. The smallest absolute Gasteiger partial charge is 0.275 e. The standard InChI is InChI=1S/C22H20F3N5O/c1-13-5-6-14(22(23,24)25)9-16(13)28-20(31)30-12-17(30)15-11-27-18(10-26)29-19(15)21(30)7-3-2-4-8-21/h5-6,9,11,17H,2-4,7-8,12H2,1H3/p+1. The molecule has 2 unspecified atom stereocenters. The Kier molecular flexibility index (Phi) is 4.18. The van der Waals surface area contributed by atoms with Crippen molar-refractivity contribution in [2.75, 3.05) is 11.9 Å². The van der Waals surface area contributed by atoms with Crippen molar-refractivity contribution in [3.8, 4) is 6.07 Å². The summed E-state index contributed by atoms with van der Waals surface area (Å²) in [6.45, 7) is 2.25. The third-order valence-corrected chi connectivity index (χ3v) is 7.19. The van der Waals surface area contributed by atoms with Crippen LogP contribution in [0.5, 0.6) is 0 Å². The van der Waals surface area contributed by atoms with Crippen molar-refractivity contribution < 1.29 is 22.4 Å². The predicted octanol–water partition coefficient (Wildman–Crippen LogP) is 4.95. The van der Waals surface area contributed by atoms with Crippen LogP contribution in [-0.2, 0) is 11.7 Å². The number of fused-ring (bicyclic) bond motifs is 5. The summed E-state index contributed by atoms with van der Waals surface area (Å²) in [5.41, 5.74) is 1.05. The van der Waals surface area contributed by atoms with Gasteiger partial charge in [-0.3, -0.25) is 5.32 Å². The zero-order valence-electron chi connectivity index (χ0n) is 17.0. The molecule has 1 saturated heterocycles. The third-order valence-electron chi connectivity index (χ3n) is 7.19. The molecule has 6 nitrogen and oxygen atoms in total. The Morgan fingerprint density at radius 3 is 2.71 bits per heavy atom. The lowest BCUT2D eigenvalue weighted by molar-refractivity contribution is -0.798. The summed E-state index contributed by atoms with van der Waals surface area (Å²) in [4.78, 5) is 22.3. The maximum atomic E-state index is 13.7. The van der Waals surface area contributed by atoms with Crippen LogP contribution in [0.4, 0.5) is 23.7 Å². The SMILES string of the molecule is Cc1ccc(C(F)(F)F)cc1NC(=O)[N+]12CC1c1cnc(C#N)nc1C21CCCCC1. The first-order valence-corrected chi connectivity index (χ1v) is 10.4. The topological polar surface area (TPSA) is 78.7 Å². The van der Waals surface area contributed by atoms with Crippen LogP contribution in [0.15, 0.2) is 24.4 Å². The van der Waals surface area contributed by atoms with Crippen molar-refractivity contribution in [1.82, 2.24) is 9.97 Å². The van der Waals surface area contributed by atoms with Gasteiger partial charge in [0.15, 0.2) is 11.6 Å². The summed E-state index contributed by atoms with van der Waals surface area (Å²) in [6.07, 6.45) is 1.62. The van der Waals surface area contributed by atoms with E-state index >= 15 is 0 Å². The van der Waals surface area contributed by atoms with Crippen molar-refractivity contribution in [3.05, 3.63) is 52.6 Å². The summed E-state index contributed by atoms with van der Waals surface area (Å²) in [7, 11) is 0. The molecule has 9 heteroatoms. The van der Waals surface area contributed by atoms with Crippen LogP contribution in [0.1, 0.15) is 66.4 Å². The van der Waals surface area contributed by atoms with Crippen LogP contribution in [0.3, 0.4) is 0 Å². The average molecular weight is 428 g/mol. The van der Waals surface area contributed by atoms with Gasteiger partial charge in [-0.1, -0.05) is 12.5 Å². The van der Waals surface area contributed by atoms with Crippen molar-refractivity contribution in [2.45, 2.75) is 56.8 Å². The molecule has 2 fully saturated rings. The van der Waals surface area contributed by atoms with Gasteiger partial charge in [0.2, 0.25) is 5.82 Å². The minimum absolute atomic E-state index is 0.0819. The van der Waals surface area contributed by atoms with Crippen molar-refractivity contribution in [3.63, 3.8) is 0 Å². The van der Waals surface area contributed by atoms with Gasteiger partial charge in [0.05, 0.1) is 11.1 Å². The van der Waals surface area contributed by atoms with E-state index in [0.29, 0.717) is 12.1 Å². The highest BCUT2D eigenvalue weighted by Crippen LogP contribution is 2.67. The van der Waals surface area contributed by atoms with Crippen LogP contribution < -0.4 is 5.32 Å². The Hall–Kier alpha value is -2.99. The molecule has 0 bridgehead atoms. The molecule has 2 aliphatic heterocycles. The Labute approximate surface area is 177 Å². The summed E-state index contributed by atoms with van der Waals surface area (Å²) in [6, 6.07) is 4.94. The minimum atomic E-state index is -4.49. The number of nitriles is 1. The molecule has 1 N–H and O–H groups in total. The molecule has 2 amide bonds. The van der Waals surface area contributed by atoms with Gasteiger partial charge in [-0.05, 0) is 37.5 Å². The number of quaternary nitrogens is 1.